The van der Waals surface area contributed by atoms with Gasteiger partial charge in [-0.1, -0.05) is 36.4 Å². The fourth-order valence-electron chi connectivity index (χ4n) is 3.41. The van der Waals surface area contributed by atoms with Crippen molar-refractivity contribution in [3.05, 3.63) is 76.9 Å². The number of carbonyl (C=O) groups excluding carboxylic acids is 2. The van der Waals surface area contributed by atoms with Crippen molar-refractivity contribution in [2.24, 2.45) is 0 Å². The average molecular weight is 315 g/mol. The smallest absolute Gasteiger partial charge is 0.255 e. The zero-order chi connectivity index (χ0) is 16.7. The summed E-state index contributed by atoms with van der Waals surface area (Å²) in [5.41, 5.74) is 4.69. The number of aryl methyl sites for hydroxylation is 2. The Hall–Kier alpha value is -2.94. The molecular formula is C21H17NO2. The lowest BCUT2D eigenvalue weighted by atomic mass is 10.0. The molecule has 0 radical (unpaired) electrons. The molecule has 0 heterocycles. The highest BCUT2D eigenvalue weighted by atomic mass is 16.1. The lowest BCUT2D eigenvalue weighted by Crippen LogP contribution is -2.12. The molecule has 3 heteroatoms. The first-order valence-corrected chi connectivity index (χ1v) is 8.09. The number of hydrogen-bond donors (Lipinski definition) is 1. The van der Waals surface area contributed by atoms with Crippen LogP contribution in [-0.4, -0.2) is 11.7 Å². The number of carbonyl (C=O) groups is 2. The number of hydrogen-bond acceptors (Lipinski definition) is 2. The molecular weight excluding hydrogens is 298 g/mol. The Morgan fingerprint density at radius 2 is 1.50 bits per heavy atom. The Morgan fingerprint density at radius 1 is 0.833 bits per heavy atom. The van der Waals surface area contributed by atoms with Gasteiger partial charge in [0.05, 0.1) is 0 Å². The van der Waals surface area contributed by atoms with E-state index in [9.17, 15) is 9.59 Å². The molecule has 24 heavy (non-hydrogen) atoms. The minimum absolute atomic E-state index is 0.00513. The van der Waals surface area contributed by atoms with Crippen molar-refractivity contribution in [2.75, 3.05) is 5.32 Å². The summed E-state index contributed by atoms with van der Waals surface area (Å²) in [4.78, 5) is 23.9. The summed E-state index contributed by atoms with van der Waals surface area (Å²) in [5.74, 6) is -0.168. The second kappa shape index (κ2) is 5.60. The largest absolute Gasteiger partial charge is 0.321 e. The molecule has 0 atom stereocenters. The third-order valence-electron chi connectivity index (χ3n) is 4.68. The highest BCUT2D eigenvalue weighted by molar-refractivity contribution is 6.10. The maximum absolute atomic E-state index is 12.5. The summed E-state index contributed by atoms with van der Waals surface area (Å²) in [6.45, 7) is 1.52. The van der Waals surface area contributed by atoms with E-state index in [-0.39, 0.29) is 11.7 Å². The van der Waals surface area contributed by atoms with Crippen molar-refractivity contribution >= 4 is 28.2 Å². The van der Waals surface area contributed by atoms with E-state index in [1.54, 1.807) is 24.3 Å². The Balaban J connectivity index is 1.67. The van der Waals surface area contributed by atoms with Crippen LogP contribution in [-0.2, 0) is 12.8 Å². The number of benzene rings is 3. The zero-order valence-corrected chi connectivity index (χ0v) is 13.4. The first-order chi connectivity index (χ1) is 11.6. The normalized spacial score (nSPS) is 12.4. The molecule has 1 N–H and O–H groups in total. The average Bonchev–Trinajstić information content (AvgIpc) is 3.02. The summed E-state index contributed by atoms with van der Waals surface area (Å²) in [7, 11) is 0. The van der Waals surface area contributed by atoms with Gasteiger partial charge in [-0.15, -0.1) is 0 Å². The van der Waals surface area contributed by atoms with E-state index in [2.05, 4.69) is 23.5 Å². The molecule has 0 aliphatic heterocycles. The van der Waals surface area contributed by atoms with Gasteiger partial charge in [0.25, 0.3) is 5.91 Å². The maximum Gasteiger partial charge on any atom is 0.255 e. The predicted molar refractivity (Wildman–Crippen MR) is 95.8 cm³/mol. The van der Waals surface area contributed by atoms with E-state index in [4.69, 9.17) is 0 Å². The van der Waals surface area contributed by atoms with Gasteiger partial charge in [0.2, 0.25) is 0 Å². The second-order valence-corrected chi connectivity index (χ2v) is 6.20. The van der Waals surface area contributed by atoms with Crippen molar-refractivity contribution in [1.29, 1.82) is 0 Å². The number of rotatable bonds is 3. The predicted octanol–water partition coefficient (Wildman–Crippen LogP) is 4.39. The highest BCUT2D eigenvalue weighted by Crippen LogP contribution is 2.35. The van der Waals surface area contributed by atoms with Crippen LogP contribution in [0.1, 0.15) is 38.8 Å². The standard InChI is InChI=1S/C21H17NO2/c1-13(23)14-5-9-17(10-6-14)21(24)22-19-12-11-16-8-7-15-3-2-4-18(19)20(15)16/h2-6,9-12H,7-8H2,1H3,(H,22,24). The minimum Gasteiger partial charge on any atom is -0.321 e. The number of ketones is 1. The topological polar surface area (TPSA) is 46.2 Å². The molecule has 3 aromatic rings. The highest BCUT2D eigenvalue weighted by Gasteiger charge is 2.17. The monoisotopic (exact) mass is 315 g/mol. The number of amides is 1. The van der Waals surface area contributed by atoms with Gasteiger partial charge < -0.3 is 5.32 Å². The van der Waals surface area contributed by atoms with Gasteiger partial charge >= 0.3 is 0 Å². The van der Waals surface area contributed by atoms with Crippen LogP contribution in [0.2, 0.25) is 0 Å². The third-order valence-corrected chi connectivity index (χ3v) is 4.68. The molecule has 0 bridgehead atoms. The van der Waals surface area contributed by atoms with Crippen LogP contribution in [0.15, 0.2) is 54.6 Å². The number of Topliss-reactive ketones (excluding diaryl/α,β-unsaturated/α-hetero) is 1. The summed E-state index contributed by atoms with van der Waals surface area (Å²) in [6.07, 6.45) is 2.13. The van der Waals surface area contributed by atoms with Gasteiger partial charge in [0.1, 0.15) is 0 Å². The van der Waals surface area contributed by atoms with E-state index in [0.29, 0.717) is 11.1 Å². The quantitative estimate of drug-likeness (QED) is 0.728. The van der Waals surface area contributed by atoms with Crippen LogP contribution >= 0.6 is 0 Å². The Bertz CT molecular complexity index is 961. The molecule has 0 saturated carbocycles. The number of anilines is 1. The molecule has 1 amide bonds. The van der Waals surface area contributed by atoms with Crippen molar-refractivity contribution in [3.63, 3.8) is 0 Å². The SMILES string of the molecule is CC(=O)c1ccc(C(=O)Nc2ccc3c4c(cccc24)CC3)cc1. The van der Waals surface area contributed by atoms with E-state index < -0.39 is 0 Å². The van der Waals surface area contributed by atoms with Gasteiger partial charge in [-0.05, 0) is 54.5 Å². The first kappa shape index (κ1) is 14.6. The molecule has 1 aliphatic rings. The first-order valence-electron chi connectivity index (χ1n) is 8.09. The Morgan fingerprint density at radius 3 is 2.21 bits per heavy atom. The Kier molecular flexibility index (Phi) is 3.42. The van der Waals surface area contributed by atoms with Gasteiger partial charge in [0.15, 0.2) is 5.78 Å². The van der Waals surface area contributed by atoms with Gasteiger partial charge in [-0.25, -0.2) is 0 Å². The van der Waals surface area contributed by atoms with Crippen LogP contribution in [0.5, 0.6) is 0 Å². The molecule has 0 aromatic heterocycles. The number of nitrogens with one attached hydrogen (secondary N) is 1. The van der Waals surface area contributed by atoms with Crippen LogP contribution in [0.25, 0.3) is 10.8 Å². The van der Waals surface area contributed by atoms with Gasteiger partial charge in [0, 0.05) is 22.2 Å². The van der Waals surface area contributed by atoms with E-state index >= 15 is 0 Å². The van der Waals surface area contributed by atoms with E-state index in [1.165, 1.54) is 23.4 Å². The second-order valence-electron chi connectivity index (χ2n) is 6.20. The fraction of sp³-hybridized carbons (Fsp3) is 0.143. The summed E-state index contributed by atoms with van der Waals surface area (Å²) in [6, 6.07) is 17.1. The van der Waals surface area contributed by atoms with Crippen molar-refractivity contribution in [1.82, 2.24) is 0 Å². The fourth-order valence-corrected chi connectivity index (χ4v) is 3.41. The van der Waals surface area contributed by atoms with Crippen molar-refractivity contribution in [2.45, 2.75) is 19.8 Å². The molecule has 0 fully saturated rings. The molecule has 0 unspecified atom stereocenters. The molecule has 118 valence electrons. The summed E-state index contributed by atoms with van der Waals surface area (Å²) < 4.78 is 0. The van der Waals surface area contributed by atoms with E-state index in [0.717, 1.165) is 23.9 Å². The molecule has 3 nitrogen and oxygen atoms in total. The van der Waals surface area contributed by atoms with Crippen LogP contribution in [0, 0.1) is 0 Å². The summed E-state index contributed by atoms with van der Waals surface area (Å²) >= 11 is 0. The lowest BCUT2D eigenvalue weighted by Gasteiger charge is -2.11. The van der Waals surface area contributed by atoms with Crippen LogP contribution < -0.4 is 5.32 Å². The zero-order valence-electron chi connectivity index (χ0n) is 13.4. The van der Waals surface area contributed by atoms with Crippen LogP contribution in [0.4, 0.5) is 5.69 Å². The van der Waals surface area contributed by atoms with Crippen molar-refractivity contribution < 1.29 is 9.59 Å². The molecule has 4 rings (SSSR count). The third kappa shape index (κ3) is 2.38. The molecule has 3 aromatic carbocycles. The maximum atomic E-state index is 12.5. The van der Waals surface area contributed by atoms with Gasteiger partial charge in [-0.3, -0.25) is 9.59 Å². The Labute approximate surface area is 140 Å². The van der Waals surface area contributed by atoms with Crippen LogP contribution in [0.3, 0.4) is 0 Å². The van der Waals surface area contributed by atoms with Gasteiger partial charge in [-0.2, -0.15) is 0 Å². The molecule has 0 saturated heterocycles. The van der Waals surface area contributed by atoms with Crippen molar-refractivity contribution in [3.8, 4) is 0 Å². The summed E-state index contributed by atoms with van der Waals surface area (Å²) in [5, 5.41) is 5.38. The minimum atomic E-state index is -0.163. The van der Waals surface area contributed by atoms with E-state index in [1.807, 2.05) is 12.1 Å². The lowest BCUT2D eigenvalue weighted by molar-refractivity contribution is 0.101. The molecule has 0 spiro atoms. The molecule has 1 aliphatic carbocycles.